The number of nitrogens with zero attached hydrogens (tertiary/aromatic N) is 1. The van der Waals surface area contributed by atoms with Gasteiger partial charge in [-0.25, -0.2) is 0 Å². The van der Waals surface area contributed by atoms with Gasteiger partial charge in [0.15, 0.2) is 0 Å². The van der Waals surface area contributed by atoms with Gasteiger partial charge in [0.2, 0.25) is 0 Å². The van der Waals surface area contributed by atoms with Gasteiger partial charge in [-0.1, -0.05) is 0 Å². The van der Waals surface area contributed by atoms with Crippen LogP contribution in [0.4, 0.5) is 0 Å². The summed E-state index contributed by atoms with van der Waals surface area (Å²) in [5.74, 6) is 0. The maximum Gasteiger partial charge on any atom is 0.0833 e. The maximum absolute atomic E-state index is 6.05. The van der Waals surface area contributed by atoms with E-state index < -0.39 is 0 Å². The molecule has 0 bridgehead atoms. The van der Waals surface area contributed by atoms with Crippen molar-refractivity contribution in [3.63, 3.8) is 0 Å². The summed E-state index contributed by atoms with van der Waals surface area (Å²) in [5.41, 5.74) is 5.67. The van der Waals surface area contributed by atoms with Crippen LogP contribution in [0.15, 0.2) is 0 Å². The van der Waals surface area contributed by atoms with Gasteiger partial charge in [0, 0.05) is 39.8 Å². The first kappa shape index (κ1) is 12.3. The van der Waals surface area contributed by atoms with Gasteiger partial charge >= 0.3 is 0 Å². The summed E-state index contributed by atoms with van der Waals surface area (Å²) < 4.78 is 11.5. The number of likely N-dealkylation sites (tertiary alicyclic amines) is 1. The number of hydrogen-bond donors (Lipinski definition) is 1. The zero-order valence-electron chi connectivity index (χ0n) is 10.3. The molecule has 4 heteroatoms. The van der Waals surface area contributed by atoms with Crippen molar-refractivity contribution in [2.24, 2.45) is 5.73 Å². The highest BCUT2D eigenvalue weighted by atomic mass is 16.5. The lowest BCUT2D eigenvalue weighted by molar-refractivity contribution is -0.152. The SMILES string of the molecule is CO[C@@H]1CCO[C@@]2(CCCN(CCN)C2)C1. The number of piperidine rings is 1. The van der Waals surface area contributed by atoms with E-state index in [0.717, 1.165) is 39.1 Å². The van der Waals surface area contributed by atoms with Crippen LogP contribution >= 0.6 is 0 Å². The standard InChI is InChI=1S/C12H24N2O2/c1-15-11-3-8-16-12(9-11)4-2-6-14(10-12)7-5-13/h11H,2-10,13H2,1H3/t11-,12+/m1/s1. The van der Waals surface area contributed by atoms with E-state index in [1.807, 2.05) is 7.11 Å². The minimum absolute atomic E-state index is 0.0480. The van der Waals surface area contributed by atoms with Crippen molar-refractivity contribution in [1.82, 2.24) is 4.90 Å². The van der Waals surface area contributed by atoms with Gasteiger partial charge in [0.1, 0.15) is 0 Å². The van der Waals surface area contributed by atoms with Gasteiger partial charge in [-0.2, -0.15) is 0 Å². The van der Waals surface area contributed by atoms with Crippen LogP contribution in [0.5, 0.6) is 0 Å². The Morgan fingerprint density at radius 3 is 3.19 bits per heavy atom. The largest absolute Gasteiger partial charge is 0.381 e. The van der Waals surface area contributed by atoms with E-state index in [2.05, 4.69) is 4.90 Å². The van der Waals surface area contributed by atoms with Gasteiger partial charge in [0.25, 0.3) is 0 Å². The fourth-order valence-corrected chi connectivity index (χ4v) is 3.03. The van der Waals surface area contributed by atoms with Crippen molar-refractivity contribution < 1.29 is 9.47 Å². The molecule has 2 rings (SSSR count). The molecule has 4 nitrogen and oxygen atoms in total. The molecule has 2 N–H and O–H groups in total. The number of rotatable bonds is 3. The molecule has 2 aliphatic rings. The van der Waals surface area contributed by atoms with Gasteiger partial charge < -0.3 is 15.2 Å². The van der Waals surface area contributed by atoms with E-state index in [0.29, 0.717) is 6.10 Å². The van der Waals surface area contributed by atoms with E-state index in [1.165, 1.54) is 19.4 Å². The first-order valence-corrected chi connectivity index (χ1v) is 6.37. The molecule has 0 aromatic heterocycles. The number of nitrogens with two attached hydrogens (primary N) is 1. The summed E-state index contributed by atoms with van der Waals surface area (Å²) in [6.07, 6.45) is 4.86. The molecule has 2 fully saturated rings. The lowest BCUT2D eigenvalue weighted by Crippen LogP contribution is -2.54. The third-order valence-electron chi connectivity index (χ3n) is 3.84. The normalized spacial score (nSPS) is 36.8. The molecule has 0 saturated carbocycles. The second kappa shape index (κ2) is 5.45. The zero-order chi connectivity index (χ0) is 11.4. The van der Waals surface area contributed by atoms with E-state index in [-0.39, 0.29) is 5.60 Å². The summed E-state index contributed by atoms with van der Waals surface area (Å²) in [4.78, 5) is 2.43. The van der Waals surface area contributed by atoms with Crippen LogP contribution in [0, 0.1) is 0 Å². The third kappa shape index (κ3) is 2.74. The minimum atomic E-state index is 0.0480. The van der Waals surface area contributed by atoms with Gasteiger partial charge in [0.05, 0.1) is 11.7 Å². The van der Waals surface area contributed by atoms with E-state index in [9.17, 15) is 0 Å². The smallest absolute Gasteiger partial charge is 0.0833 e. The van der Waals surface area contributed by atoms with E-state index >= 15 is 0 Å². The fourth-order valence-electron chi connectivity index (χ4n) is 3.03. The van der Waals surface area contributed by atoms with Crippen molar-refractivity contribution in [2.45, 2.75) is 37.4 Å². The molecule has 16 heavy (non-hydrogen) atoms. The average molecular weight is 228 g/mol. The molecular formula is C12H24N2O2. The molecule has 2 aliphatic heterocycles. The van der Waals surface area contributed by atoms with E-state index in [1.54, 1.807) is 0 Å². The highest BCUT2D eigenvalue weighted by molar-refractivity contribution is 4.93. The lowest BCUT2D eigenvalue weighted by atomic mass is 9.84. The third-order valence-corrected chi connectivity index (χ3v) is 3.84. The van der Waals surface area contributed by atoms with Crippen LogP contribution < -0.4 is 5.73 Å². The summed E-state index contributed by atoms with van der Waals surface area (Å²) >= 11 is 0. The van der Waals surface area contributed by atoms with Crippen LogP contribution in [-0.4, -0.2) is 56.5 Å². The minimum Gasteiger partial charge on any atom is -0.381 e. The van der Waals surface area contributed by atoms with Gasteiger partial charge in [-0.3, -0.25) is 4.90 Å². The first-order valence-electron chi connectivity index (χ1n) is 6.37. The second-order valence-electron chi connectivity index (χ2n) is 5.05. The lowest BCUT2D eigenvalue weighted by Gasteiger charge is -2.46. The van der Waals surface area contributed by atoms with Crippen LogP contribution in [0.1, 0.15) is 25.7 Å². The predicted octanol–water partition coefficient (Wildman–Crippen LogP) is 0.605. The topological polar surface area (TPSA) is 47.7 Å². The molecule has 0 aromatic rings. The monoisotopic (exact) mass is 228 g/mol. The second-order valence-corrected chi connectivity index (χ2v) is 5.05. The molecule has 0 aliphatic carbocycles. The molecule has 2 heterocycles. The molecular weight excluding hydrogens is 204 g/mol. The van der Waals surface area contributed by atoms with Crippen molar-refractivity contribution in [3.8, 4) is 0 Å². The summed E-state index contributed by atoms with van der Waals surface area (Å²) in [5, 5.41) is 0. The summed E-state index contributed by atoms with van der Waals surface area (Å²) in [6, 6.07) is 0. The number of methoxy groups -OCH3 is 1. The Morgan fingerprint density at radius 2 is 2.44 bits per heavy atom. The first-order chi connectivity index (χ1) is 7.78. The molecule has 94 valence electrons. The maximum atomic E-state index is 6.05. The Morgan fingerprint density at radius 1 is 1.56 bits per heavy atom. The summed E-state index contributed by atoms with van der Waals surface area (Å²) in [6.45, 7) is 4.77. The van der Waals surface area contributed by atoms with Gasteiger partial charge in [-0.05, 0) is 25.8 Å². The van der Waals surface area contributed by atoms with Crippen molar-refractivity contribution in [2.75, 3.05) is 39.9 Å². The van der Waals surface area contributed by atoms with Crippen molar-refractivity contribution >= 4 is 0 Å². The van der Waals surface area contributed by atoms with Crippen molar-refractivity contribution in [3.05, 3.63) is 0 Å². The Labute approximate surface area is 98.1 Å². The average Bonchev–Trinajstić information content (AvgIpc) is 2.29. The van der Waals surface area contributed by atoms with E-state index in [4.69, 9.17) is 15.2 Å². The van der Waals surface area contributed by atoms with Gasteiger partial charge in [-0.15, -0.1) is 0 Å². The van der Waals surface area contributed by atoms with Crippen LogP contribution in [0.2, 0.25) is 0 Å². The Kier molecular flexibility index (Phi) is 4.19. The molecule has 0 unspecified atom stereocenters. The van der Waals surface area contributed by atoms with Crippen LogP contribution in [-0.2, 0) is 9.47 Å². The molecule has 1 spiro atoms. The molecule has 2 saturated heterocycles. The molecule has 0 aromatic carbocycles. The number of hydrogen-bond acceptors (Lipinski definition) is 4. The quantitative estimate of drug-likeness (QED) is 0.768. The number of ether oxygens (including phenoxy) is 2. The highest BCUT2D eigenvalue weighted by Crippen LogP contribution is 2.34. The molecule has 0 amide bonds. The molecule has 0 radical (unpaired) electrons. The Balaban J connectivity index is 1.94. The van der Waals surface area contributed by atoms with Crippen molar-refractivity contribution in [1.29, 1.82) is 0 Å². The molecule has 2 atom stereocenters. The summed E-state index contributed by atoms with van der Waals surface area (Å²) in [7, 11) is 1.81. The highest BCUT2D eigenvalue weighted by Gasteiger charge is 2.40. The fraction of sp³-hybridized carbons (Fsp3) is 1.00. The predicted molar refractivity (Wildman–Crippen MR) is 63.4 cm³/mol. The Bertz CT molecular complexity index is 219. The van der Waals surface area contributed by atoms with Crippen LogP contribution in [0.3, 0.4) is 0 Å². The van der Waals surface area contributed by atoms with Crippen LogP contribution in [0.25, 0.3) is 0 Å². The Hall–Kier alpha value is -0.160. The zero-order valence-corrected chi connectivity index (χ0v) is 10.3.